The third-order valence-electron chi connectivity index (χ3n) is 1.46. The van der Waals surface area contributed by atoms with E-state index in [0.29, 0.717) is 0 Å². The van der Waals surface area contributed by atoms with Gasteiger partial charge in [-0.05, 0) is 13.8 Å². The fourth-order valence-electron chi connectivity index (χ4n) is 0.779. The van der Waals surface area contributed by atoms with Gasteiger partial charge >= 0.3 is 12.0 Å². The minimum absolute atomic E-state index is 0.000641. The minimum atomic E-state index is -0.487. The Morgan fingerprint density at radius 2 is 1.87 bits per heavy atom. The number of ether oxygens (including phenoxy) is 1. The van der Waals surface area contributed by atoms with E-state index in [1.807, 2.05) is 0 Å². The molecule has 0 spiro atoms. The van der Waals surface area contributed by atoms with Crippen LogP contribution >= 0.6 is 0 Å². The first-order valence-corrected chi connectivity index (χ1v) is 4.73. The van der Waals surface area contributed by atoms with Crippen molar-refractivity contribution in [1.29, 1.82) is 0 Å². The van der Waals surface area contributed by atoms with Gasteiger partial charge in [-0.1, -0.05) is 0 Å². The molecule has 0 heterocycles. The van der Waals surface area contributed by atoms with Crippen molar-refractivity contribution in [2.24, 2.45) is 0 Å². The number of nitrogens with one attached hydrogen (secondary N) is 2. The Hall–Kier alpha value is -1.59. The second-order valence-corrected chi connectivity index (χ2v) is 2.87. The monoisotopic (exact) mass is 216 g/mol. The van der Waals surface area contributed by atoms with Gasteiger partial charge in [-0.2, -0.15) is 0 Å². The van der Waals surface area contributed by atoms with Gasteiger partial charge in [0.2, 0.25) is 0 Å². The molecule has 6 heteroatoms. The van der Waals surface area contributed by atoms with E-state index < -0.39 is 12.0 Å². The molecular formula is C9H16N2O4. The zero-order valence-corrected chi connectivity index (χ0v) is 8.96. The van der Waals surface area contributed by atoms with Crippen LogP contribution in [0.2, 0.25) is 0 Å². The van der Waals surface area contributed by atoms with E-state index in [0.717, 1.165) is 0 Å². The number of hydrogen-bond donors (Lipinski definition) is 2. The summed E-state index contributed by atoms with van der Waals surface area (Å²) in [5, 5.41) is 4.74. The summed E-state index contributed by atoms with van der Waals surface area (Å²) in [6, 6.07) is -0.482. The maximum Gasteiger partial charge on any atom is 0.325 e. The van der Waals surface area contributed by atoms with Crippen LogP contribution in [0, 0.1) is 0 Å². The number of carbonyl (C=O) groups excluding carboxylic acids is 3. The molecule has 0 aliphatic heterocycles. The summed E-state index contributed by atoms with van der Waals surface area (Å²) in [6.45, 7) is 3.51. The van der Waals surface area contributed by atoms with Gasteiger partial charge in [0.25, 0.3) is 0 Å². The molecule has 0 radical (unpaired) electrons. The molecule has 15 heavy (non-hydrogen) atoms. The summed E-state index contributed by atoms with van der Waals surface area (Å²) in [7, 11) is 0. The number of hydrogen-bond acceptors (Lipinski definition) is 4. The van der Waals surface area contributed by atoms with Crippen molar-refractivity contribution in [2.75, 3.05) is 19.7 Å². The first kappa shape index (κ1) is 13.4. The highest BCUT2D eigenvalue weighted by Crippen LogP contribution is 1.79. The molecule has 0 unspecified atom stereocenters. The van der Waals surface area contributed by atoms with Crippen LogP contribution in [0.3, 0.4) is 0 Å². The largest absolute Gasteiger partial charge is 0.465 e. The van der Waals surface area contributed by atoms with Crippen molar-refractivity contribution in [2.45, 2.75) is 20.3 Å². The summed E-state index contributed by atoms with van der Waals surface area (Å²) < 4.78 is 4.60. The van der Waals surface area contributed by atoms with Crippen molar-refractivity contribution in [3.8, 4) is 0 Å². The Kier molecular flexibility index (Phi) is 6.96. The summed E-state index contributed by atoms with van der Waals surface area (Å²) in [5.74, 6) is -0.486. The second-order valence-electron chi connectivity index (χ2n) is 2.87. The highest BCUT2D eigenvalue weighted by Gasteiger charge is 2.04. The lowest BCUT2D eigenvalue weighted by molar-refractivity contribution is -0.141. The Bertz CT molecular complexity index is 240. The fourth-order valence-corrected chi connectivity index (χ4v) is 0.779. The van der Waals surface area contributed by atoms with Crippen LogP contribution in [0.4, 0.5) is 4.79 Å². The van der Waals surface area contributed by atoms with E-state index in [1.165, 1.54) is 6.92 Å². The predicted octanol–water partition coefficient (Wildman–Crippen LogP) is -0.172. The molecule has 2 N–H and O–H groups in total. The van der Waals surface area contributed by atoms with Crippen molar-refractivity contribution < 1.29 is 19.1 Å². The quantitative estimate of drug-likeness (QED) is 0.603. The molecule has 0 fully saturated rings. The van der Waals surface area contributed by atoms with Gasteiger partial charge in [-0.3, -0.25) is 9.59 Å². The third-order valence-corrected chi connectivity index (χ3v) is 1.46. The van der Waals surface area contributed by atoms with Crippen LogP contribution in [0.1, 0.15) is 20.3 Å². The summed E-state index contributed by atoms with van der Waals surface area (Å²) >= 11 is 0. The van der Waals surface area contributed by atoms with Crippen molar-refractivity contribution in [3.63, 3.8) is 0 Å². The molecule has 6 nitrogen and oxygen atoms in total. The number of carbonyl (C=O) groups is 3. The SMILES string of the molecule is CCOC(=O)CNC(=O)NCCC(C)=O. The Morgan fingerprint density at radius 3 is 2.40 bits per heavy atom. The lowest BCUT2D eigenvalue weighted by Gasteiger charge is -2.05. The molecule has 0 aromatic carbocycles. The van der Waals surface area contributed by atoms with E-state index >= 15 is 0 Å². The Labute approximate surface area is 88.4 Å². The van der Waals surface area contributed by atoms with Crippen LogP contribution in [0.5, 0.6) is 0 Å². The number of rotatable bonds is 6. The molecule has 0 saturated carbocycles. The van der Waals surface area contributed by atoms with Crippen molar-refractivity contribution in [1.82, 2.24) is 10.6 Å². The number of ketones is 1. The van der Waals surface area contributed by atoms with E-state index in [-0.39, 0.29) is 31.9 Å². The fraction of sp³-hybridized carbons (Fsp3) is 0.667. The molecule has 86 valence electrons. The van der Waals surface area contributed by atoms with Gasteiger partial charge in [0.05, 0.1) is 6.61 Å². The van der Waals surface area contributed by atoms with Crippen LogP contribution in [-0.4, -0.2) is 37.5 Å². The first-order valence-electron chi connectivity index (χ1n) is 4.73. The van der Waals surface area contributed by atoms with Crippen LogP contribution in [0.25, 0.3) is 0 Å². The molecule has 0 aliphatic rings. The Balaban J connectivity index is 3.49. The molecule has 0 saturated heterocycles. The summed E-state index contributed by atoms with van der Waals surface area (Å²) in [5.41, 5.74) is 0. The maximum atomic E-state index is 11.0. The van der Waals surface area contributed by atoms with E-state index in [4.69, 9.17) is 0 Å². The van der Waals surface area contributed by atoms with E-state index in [1.54, 1.807) is 6.92 Å². The zero-order chi connectivity index (χ0) is 11.7. The van der Waals surface area contributed by atoms with Gasteiger partial charge in [-0.25, -0.2) is 4.79 Å². The van der Waals surface area contributed by atoms with Gasteiger partial charge in [-0.15, -0.1) is 0 Å². The zero-order valence-electron chi connectivity index (χ0n) is 8.96. The number of esters is 1. The van der Waals surface area contributed by atoms with Crippen LogP contribution < -0.4 is 10.6 Å². The van der Waals surface area contributed by atoms with Crippen molar-refractivity contribution >= 4 is 17.8 Å². The van der Waals surface area contributed by atoms with Crippen molar-refractivity contribution in [3.05, 3.63) is 0 Å². The molecule has 0 rings (SSSR count). The second kappa shape index (κ2) is 7.78. The minimum Gasteiger partial charge on any atom is -0.465 e. The predicted molar refractivity (Wildman–Crippen MR) is 53.3 cm³/mol. The smallest absolute Gasteiger partial charge is 0.325 e. The van der Waals surface area contributed by atoms with E-state index in [9.17, 15) is 14.4 Å². The standard InChI is InChI=1S/C9H16N2O4/c1-3-15-8(13)6-11-9(14)10-5-4-7(2)12/h3-6H2,1-2H3,(H2,10,11,14). The van der Waals surface area contributed by atoms with Gasteiger partial charge in [0.1, 0.15) is 12.3 Å². The topological polar surface area (TPSA) is 84.5 Å². The number of Topliss-reactive ketones (excluding diaryl/α,β-unsaturated/α-hetero) is 1. The van der Waals surface area contributed by atoms with Crippen LogP contribution in [0.15, 0.2) is 0 Å². The van der Waals surface area contributed by atoms with Crippen LogP contribution in [-0.2, 0) is 14.3 Å². The lowest BCUT2D eigenvalue weighted by Crippen LogP contribution is -2.39. The first-order chi connectivity index (χ1) is 7.06. The average molecular weight is 216 g/mol. The highest BCUT2D eigenvalue weighted by atomic mass is 16.5. The highest BCUT2D eigenvalue weighted by molar-refractivity contribution is 5.81. The molecule has 0 aliphatic carbocycles. The van der Waals surface area contributed by atoms with E-state index in [2.05, 4.69) is 15.4 Å². The van der Waals surface area contributed by atoms with Gasteiger partial charge < -0.3 is 15.4 Å². The molecule has 0 aromatic heterocycles. The maximum absolute atomic E-state index is 11.0. The summed E-state index contributed by atoms with van der Waals surface area (Å²) in [6.07, 6.45) is 0.285. The third kappa shape index (κ3) is 8.73. The summed E-state index contributed by atoms with van der Waals surface area (Å²) in [4.78, 5) is 32.3. The molecule has 0 bridgehead atoms. The molecule has 0 aromatic rings. The molecule has 0 atom stereocenters. The number of urea groups is 1. The Morgan fingerprint density at radius 1 is 1.20 bits per heavy atom. The molecular weight excluding hydrogens is 200 g/mol. The lowest BCUT2D eigenvalue weighted by atomic mass is 10.3. The normalized spacial score (nSPS) is 9.20. The molecule has 2 amide bonds. The van der Waals surface area contributed by atoms with Gasteiger partial charge in [0.15, 0.2) is 0 Å². The average Bonchev–Trinajstić information content (AvgIpc) is 2.14. The number of amides is 2. The van der Waals surface area contributed by atoms with Gasteiger partial charge in [0, 0.05) is 13.0 Å².